The van der Waals surface area contributed by atoms with Crippen LogP contribution in [0.15, 0.2) is 24.3 Å². The molecule has 0 aliphatic heterocycles. The molecule has 1 aliphatic rings. The minimum atomic E-state index is -2.53. The first-order valence-electron chi connectivity index (χ1n) is 4.83. The zero-order valence-electron chi connectivity index (χ0n) is 7.84. The van der Waals surface area contributed by atoms with Crippen LogP contribution in [0.5, 0.6) is 0 Å². The van der Waals surface area contributed by atoms with Gasteiger partial charge in [0.1, 0.15) is 0 Å². The van der Waals surface area contributed by atoms with Crippen molar-refractivity contribution >= 4 is 5.69 Å². The lowest BCUT2D eigenvalue weighted by atomic mass is 9.95. The number of nitrogens with two attached hydrogens (primary N) is 1. The normalized spacial score (nSPS) is 25.1. The Morgan fingerprint density at radius 2 is 1.86 bits per heavy atom. The SMILES string of the molecule is Nc1ccc(C2CCCC2(F)F)cc1. The zero-order valence-corrected chi connectivity index (χ0v) is 7.84. The Labute approximate surface area is 81.9 Å². The number of halogens is 2. The summed E-state index contributed by atoms with van der Waals surface area (Å²) in [5.74, 6) is -3.14. The molecule has 76 valence electrons. The fourth-order valence-electron chi connectivity index (χ4n) is 2.07. The standard InChI is InChI=1S/C11H13F2N/c12-11(13)7-1-2-10(11)8-3-5-9(14)6-4-8/h3-6,10H,1-2,7,14H2. The smallest absolute Gasteiger partial charge is 0.254 e. The van der Waals surface area contributed by atoms with E-state index in [9.17, 15) is 8.78 Å². The van der Waals surface area contributed by atoms with Crippen molar-refractivity contribution in [1.29, 1.82) is 0 Å². The molecule has 1 aromatic carbocycles. The molecule has 0 radical (unpaired) electrons. The topological polar surface area (TPSA) is 26.0 Å². The van der Waals surface area contributed by atoms with Gasteiger partial charge in [0.25, 0.3) is 5.92 Å². The van der Waals surface area contributed by atoms with Crippen LogP contribution in [0.1, 0.15) is 30.7 Å². The first kappa shape index (κ1) is 9.44. The maximum absolute atomic E-state index is 13.4. The van der Waals surface area contributed by atoms with E-state index >= 15 is 0 Å². The average molecular weight is 197 g/mol. The first-order valence-corrected chi connectivity index (χ1v) is 4.83. The second-order valence-corrected chi connectivity index (χ2v) is 3.87. The summed E-state index contributed by atoms with van der Waals surface area (Å²) in [5.41, 5.74) is 6.84. The maximum atomic E-state index is 13.4. The van der Waals surface area contributed by atoms with E-state index in [4.69, 9.17) is 5.73 Å². The summed E-state index contributed by atoms with van der Waals surface area (Å²) in [7, 11) is 0. The maximum Gasteiger partial charge on any atom is 0.254 e. The molecule has 2 rings (SSSR count). The predicted molar refractivity (Wildman–Crippen MR) is 52.4 cm³/mol. The summed E-state index contributed by atoms with van der Waals surface area (Å²) in [6.45, 7) is 0. The van der Waals surface area contributed by atoms with Gasteiger partial charge in [-0.25, -0.2) is 8.78 Å². The van der Waals surface area contributed by atoms with Crippen LogP contribution in [0.3, 0.4) is 0 Å². The molecule has 0 aromatic heterocycles. The van der Waals surface area contributed by atoms with Gasteiger partial charge < -0.3 is 5.73 Å². The van der Waals surface area contributed by atoms with Crippen molar-refractivity contribution in [1.82, 2.24) is 0 Å². The van der Waals surface area contributed by atoms with Crippen molar-refractivity contribution in [2.45, 2.75) is 31.1 Å². The van der Waals surface area contributed by atoms with Gasteiger partial charge in [-0.05, 0) is 30.5 Å². The van der Waals surface area contributed by atoms with E-state index in [2.05, 4.69) is 0 Å². The van der Waals surface area contributed by atoms with E-state index in [0.717, 1.165) is 0 Å². The Bertz CT molecular complexity index is 319. The van der Waals surface area contributed by atoms with E-state index in [1.807, 2.05) is 0 Å². The van der Waals surface area contributed by atoms with Gasteiger partial charge in [-0.15, -0.1) is 0 Å². The highest BCUT2D eigenvalue weighted by molar-refractivity contribution is 5.40. The molecule has 1 fully saturated rings. The molecule has 14 heavy (non-hydrogen) atoms. The lowest BCUT2D eigenvalue weighted by Gasteiger charge is -2.19. The monoisotopic (exact) mass is 197 g/mol. The molecule has 1 unspecified atom stereocenters. The van der Waals surface area contributed by atoms with Gasteiger partial charge in [-0.3, -0.25) is 0 Å². The fraction of sp³-hybridized carbons (Fsp3) is 0.455. The number of nitrogen functional groups attached to an aromatic ring is 1. The fourth-order valence-corrected chi connectivity index (χ4v) is 2.07. The van der Waals surface area contributed by atoms with Gasteiger partial charge >= 0.3 is 0 Å². The minimum Gasteiger partial charge on any atom is -0.399 e. The number of anilines is 1. The molecule has 0 heterocycles. The van der Waals surface area contributed by atoms with Crippen LogP contribution in [0.4, 0.5) is 14.5 Å². The largest absolute Gasteiger partial charge is 0.399 e. The second-order valence-electron chi connectivity index (χ2n) is 3.87. The highest BCUT2D eigenvalue weighted by Gasteiger charge is 2.44. The molecule has 1 nitrogen and oxygen atoms in total. The molecule has 0 bridgehead atoms. The van der Waals surface area contributed by atoms with Crippen molar-refractivity contribution in [2.24, 2.45) is 0 Å². The van der Waals surface area contributed by atoms with E-state index in [0.29, 0.717) is 24.1 Å². The Morgan fingerprint density at radius 1 is 1.21 bits per heavy atom. The van der Waals surface area contributed by atoms with Crippen LogP contribution < -0.4 is 5.73 Å². The van der Waals surface area contributed by atoms with Crippen molar-refractivity contribution < 1.29 is 8.78 Å². The van der Waals surface area contributed by atoms with Gasteiger partial charge in [0.2, 0.25) is 0 Å². The third kappa shape index (κ3) is 1.59. The number of benzene rings is 1. The molecule has 1 aliphatic carbocycles. The molecule has 1 saturated carbocycles. The van der Waals surface area contributed by atoms with Gasteiger partial charge in [-0.2, -0.15) is 0 Å². The minimum absolute atomic E-state index is 0.0159. The molecule has 1 atom stereocenters. The first-order chi connectivity index (χ1) is 6.59. The number of alkyl halides is 2. The Morgan fingerprint density at radius 3 is 2.36 bits per heavy atom. The predicted octanol–water partition coefficient (Wildman–Crippen LogP) is 3.17. The lowest BCUT2D eigenvalue weighted by Crippen LogP contribution is -2.19. The third-order valence-electron chi connectivity index (χ3n) is 2.85. The molecular formula is C11H13F2N. The quantitative estimate of drug-likeness (QED) is 0.687. The van der Waals surface area contributed by atoms with Crippen LogP contribution in [-0.4, -0.2) is 5.92 Å². The van der Waals surface area contributed by atoms with Crippen LogP contribution in [0.25, 0.3) is 0 Å². The lowest BCUT2D eigenvalue weighted by molar-refractivity contribution is -0.00895. The van der Waals surface area contributed by atoms with Gasteiger partial charge in [0, 0.05) is 18.0 Å². The van der Waals surface area contributed by atoms with Crippen LogP contribution in [0, 0.1) is 0 Å². The highest BCUT2D eigenvalue weighted by Crippen LogP contribution is 2.46. The van der Waals surface area contributed by atoms with E-state index in [1.54, 1.807) is 24.3 Å². The Balaban J connectivity index is 2.27. The molecule has 0 spiro atoms. The average Bonchev–Trinajstić information content (AvgIpc) is 2.47. The van der Waals surface area contributed by atoms with Crippen molar-refractivity contribution in [3.8, 4) is 0 Å². The van der Waals surface area contributed by atoms with Gasteiger partial charge in [-0.1, -0.05) is 12.1 Å². The highest BCUT2D eigenvalue weighted by atomic mass is 19.3. The summed E-state index contributed by atoms with van der Waals surface area (Å²) >= 11 is 0. The number of hydrogen-bond donors (Lipinski definition) is 1. The molecule has 0 saturated heterocycles. The Hall–Kier alpha value is -1.12. The summed E-state index contributed by atoms with van der Waals surface area (Å²) in [4.78, 5) is 0. The van der Waals surface area contributed by atoms with Crippen molar-refractivity contribution in [3.63, 3.8) is 0 Å². The third-order valence-corrected chi connectivity index (χ3v) is 2.85. The second kappa shape index (κ2) is 3.23. The van der Waals surface area contributed by atoms with Crippen LogP contribution >= 0.6 is 0 Å². The van der Waals surface area contributed by atoms with E-state index in [-0.39, 0.29) is 6.42 Å². The number of hydrogen-bond acceptors (Lipinski definition) is 1. The summed E-state index contributed by atoms with van der Waals surface area (Å²) < 4.78 is 26.7. The van der Waals surface area contributed by atoms with E-state index < -0.39 is 11.8 Å². The van der Waals surface area contributed by atoms with E-state index in [1.165, 1.54) is 0 Å². The van der Waals surface area contributed by atoms with Gasteiger partial charge in [0.15, 0.2) is 0 Å². The van der Waals surface area contributed by atoms with Crippen molar-refractivity contribution in [3.05, 3.63) is 29.8 Å². The molecule has 2 N–H and O–H groups in total. The van der Waals surface area contributed by atoms with Gasteiger partial charge in [0.05, 0.1) is 0 Å². The van der Waals surface area contributed by atoms with Crippen LogP contribution in [-0.2, 0) is 0 Å². The summed E-state index contributed by atoms with van der Waals surface area (Å²) in [5, 5.41) is 0. The molecular weight excluding hydrogens is 184 g/mol. The van der Waals surface area contributed by atoms with Crippen molar-refractivity contribution in [2.75, 3.05) is 5.73 Å². The number of rotatable bonds is 1. The van der Waals surface area contributed by atoms with Crippen LogP contribution in [0.2, 0.25) is 0 Å². The molecule has 0 amide bonds. The summed E-state index contributed by atoms with van der Waals surface area (Å²) in [6, 6.07) is 6.78. The Kier molecular flexibility index (Phi) is 2.17. The molecule has 1 aromatic rings. The molecule has 3 heteroatoms. The summed E-state index contributed by atoms with van der Waals surface area (Å²) in [6.07, 6.45) is 1.21. The zero-order chi connectivity index (χ0) is 10.2.